The fraction of sp³-hybridized carbons (Fsp3) is 0.385. The van der Waals surface area contributed by atoms with E-state index < -0.39 is 0 Å². The summed E-state index contributed by atoms with van der Waals surface area (Å²) in [5, 5.41) is 19.8. The summed E-state index contributed by atoms with van der Waals surface area (Å²) in [7, 11) is 1.92. The number of aromatic nitrogens is 4. The van der Waals surface area contributed by atoms with Gasteiger partial charge >= 0.3 is 0 Å². The van der Waals surface area contributed by atoms with Crippen LogP contribution < -0.4 is 15.1 Å². The molecule has 0 saturated carbocycles. The van der Waals surface area contributed by atoms with Crippen molar-refractivity contribution < 1.29 is 4.74 Å². The van der Waals surface area contributed by atoms with Crippen LogP contribution >= 0.6 is 0 Å². The second-order valence-electron chi connectivity index (χ2n) is 9.46. The Morgan fingerprint density at radius 3 is 2.86 bits per heavy atom. The molecule has 1 unspecified atom stereocenters. The summed E-state index contributed by atoms with van der Waals surface area (Å²) in [6.07, 6.45) is 6.69. The third kappa shape index (κ3) is 4.39. The number of nitrogens with one attached hydrogen (secondary N) is 1. The van der Waals surface area contributed by atoms with E-state index in [0.29, 0.717) is 19.7 Å². The third-order valence-electron chi connectivity index (χ3n) is 6.59. The molecule has 1 saturated heterocycles. The average Bonchev–Trinajstić information content (AvgIpc) is 3.46. The molecular weight excluding hydrogens is 440 g/mol. The van der Waals surface area contributed by atoms with Crippen molar-refractivity contribution in [2.24, 2.45) is 12.5 Å². The van der Waals surface area contributed by atoms with Gasteiger partial charge in [0.05, 0.1) is 30.3 Å². The van der Waals surface area contributed by atoms with Gasteiger partial charge in [-0.05, 0) is 63.1 Å². The molecule has 180 valence electrons. The van der Waals surface area contributed by atoms with Crippen molar-refractivity contribution in [1.29, 1.82) is 5.26 Å². The van der Waals surface area contributed by atoms with Gasteiger partial charge in [-0.3, -0.25) is 10.4 Å². The van der Waals surface area contributed by atoms with Crippen LogP contribution in [0.3, 0.4) is 0 Å². The predicted molar refractivity (Wildman–Crippen MR) is 135 cm³/mol. The maximum atomic E-state index is 9.61. The molecule has 2 aromatic heterocycles. The third-order valence-corrected chi connectivity index (χ3v) is 6.59. The summed E-state index contributed by atoms with van der Waals surface area (Å²) in [4.78, 5) is 7.15. The van der Waals surface area contributed by atoms with Gasteiger partial charge in [-0.1, -0.05) is 0 Å². The Morgan fingerprint density at radius 1 is 1.29 bits per heavy atom. The normalized spacial score (nSPS) is 18.9. The average molecular weight is 471 g/mol. The second-order valence-corrected chi connectivity index (χ2v) is 9.46. The minimum absolute atomic E-state index is 0.336. The standard InChI is InChI=1S/C26H30N8O/c1-5-35-23-13-20(24-30-28-17-32(24)4)6-7-22(23)31-34-10-8-19-12-18(2)29-25(21(19)14-34)33-11-9-26(3,15-27)16-33/h6-8,10,12-13,17,31H,5,9,11,14,16H2,1-4H3. The molecule has 0 radical (unpaired) electrons. The molecule has 0 aliphatic carbocycles. The highest BCUT2D eigenvalue weighted by Gasteiger charge is 2.36. The zero-order valence-electron chi connectivity index (χ0n) is 20.6. The number of hydrazine groups is 1. The van der Waals surface area contributed by atoms with Crippen LogP contribution in [0.2, 0.25) is 0 Å². The number of nitriles is 1. The Balaban J connectivity index is 1.41. The van der Waals surface area contributed by atoms with Gasteiger partial charge in [0.1, 0.15) is 17.9 Å². The Kier molecular flexibility index (Phi) is 5.81. The summed E-state index contributed by atoms with van der Waals surface area (Å²) >= 11 is 0. The molecule has 1 fully saturated rings. The number of hydrogen-bond acceptors (Lipinski definition) is 8. The van der Waals surface area contributed by atoms with Gasteiger partial charge in [0.15, 0.2) is 5.82 Å². The summed E-state index contributed by atoms with van der Waals surface area (Å²) in [6, 6.07) is 10.6. The van der Waals surface area contributed by atoms with Crippen LogP contribution in [-0.4, -0.2) is 44.5 Å². The number of hydrogen-bond donors (Lipinski definition) is 1. The lowest BCUT2D eigenvalue weighted by molar-refractivity contribution is 0.338. The first-order valence-corrected chi connectivity index (χ1v) is 11.9. The number of aryl methyl sites for hydroxylation is 2. The number of ether oxygens (including phenoxy) is 1. The molecule has 1 N–H and O–H groups in total. The zero-order chi connectivity index (χ0) is 24.6. The van der Waals surface area contributed by atoms with Crippen LogP contribution in [0.1, 0.15) is 37.1 Å². The SMILES string of the molecule is CCOc1cc(-c2nncn2C)ccc1NN1C=Cc2cc(C)nc(N3CCC(C)(C#N)C3)c2C1. The summed E-state index contributed by atoms with van der Waals surface area (Å²) in [5.74, 6) is 2.50. The molecule has 2 aliphatic rings. The van der Waals surface area contributed by atoms with Gasteiger partial charge in [-0.2, -0.15) is 5.26 Å². The molecule has 1 atom stereocenters. The van der Waals surface area contributed by atoms with Crippen molar-refractivity contribution in [1.82, 2.24) is 24.8 Å². The van der Waals surface area contributed by atoms with Crippen molar-refractivity contribution in [3.63, 3.8) is 0 Å². The Hall–Kier alpha value is -4.06. The van der Waals surface area contributed by atoms with Crippen LogP contribution in [-0.2, 0) is 13.6 Å². The number of nitrogens with zero attached hydrogens (tertiary/aromatic N) is 7. The first-order valence-electron chi connectivity index (χ1n) is 11.9. The second kappa shape index (κ2) is 8.95. The highest BCUT2D eigenvalue weighted by Crippen LogP contribution is 2.37. The van der Waals surface area contributed by atoms with Gasteiger partial charge in [0.25, 0.3) is 0 Å². The summed E-state index contributed by atoms with van der Waals surface area (Å²) in [6.45, 7) is 8.75. The smallest absolute Gasteiger partial charge is 0.163 e. The maximum absolute atomic E-state index is 9.61. The van der Waals surface area contributed by atoms with Gasteiger partial charge < -0.3 is 14.2 Å². The van der Waals surface area contributed by atoms with Crippen LogP contribution in [0.25, 0.3) is 17.5 Å². The van der Waals surface area contributed by atoms with Crippen molar-refractivity contribution >= 4 is 17.6 Å². The lowest BCUT2D eigenvalue weighted by atomic mass is 9.92. The lowest BCUT2D eigenvalue weighted by Crippen LogP contribution is -2.31. The van der Waals surface area contributed by atoms with E-state index in [2.05, 4.69) is 38.7 Å². The van der Waals surface area contributed by atoms with E-state index >= 15 is 0 Å². The van der Waals surface area contributed by atoms with E-state index in [-0.39, 0.29) is 5.41 Å². The molecule has 2 aliphatic heterocycles. The minimum Gasteiger partial charge on any atom is -0.492 e. The van der Waals surface area contributed by atoms with Crippen LogP contribution in [0.4, 0.5) is 11.5 Å². The van der Waals surface area contributed by atoms with E-state index in [4.69, 9.17) is 9.72 Å². The van der Waals surface area contributed by atoms with Crippen LogP contribution in [0.5, 0.6) is 5.75 Å². The number of fused-ring (bicyclic) bond motifs is 1. The largest absolute Gasteiger partial charge is 0.492 e. The van der Waals surface area contributed by atoms with E-state index in [1.807, 2.05) is 61.8 Å². The molecule has 4 heterocycles. The van der Waals surface area contributed by atoms with Crippen molar-refractivity contribution in [2.45, 2.75) is 33.7 Å². The molecule has 9 heteroatoms. The van der Waals surface area contributed by atoms with Gasteiger partial charge in [-0.15, -0.1) is 10.2 Å². The first-order chi connectivity index (χ1) is 16.9. The van der Waals surface area contributed by atoms with Crippen molar-refractivity contribution in [3.8, 4) is 23.2 Å². The Bertz CT molecular complexity index is 1320. The molecule has 0 amide bonds. The molecule has 0 bridgehead atoms. The summed E-state index contributed by atoms with van der Waals surface area (Å²) in [5.41, 5.74) is 8.27. The molecule has 0 spiro atoms. The van der Waals surface area contributed by atoms with Gasteiger partial charge in [0.2, 0.25) is 0 Å². The number of benzene rings is 1. The zero-order valence-corrected chi connectivity index (χ0v) is 20.6. The molecule has 35 heavy (non-hydrogen) atoms. The van der Waals surface area contributed by atoms with E-state index in [1.165, 1.54) is 5.56 Å². The Morgan fingerprint density at radius 2 is 2.14 bits per heavy atom. The van der Waals surface area contributed by atoms with Crippen molar-refractivity contribution in [2.75, 3.05) is 30.0 Å². The maximum Gasteiger partial charge on any atom is 0.163 e. The molecular formula is C26H30N8O. The highest BCUT2D eigenvalue weighted by atomic mass is 16.5. The monoisotopic (exact) mass is 470 g/mol. The quantitative estimate of drug-likeness (QED) is 0.574. The number of rotatable bonds is 6. The Labute approximate surface area is 205 Å². The fourth-order valence-corrected chi connectivity index (χ4v) is 4.71. The summed E-state index contributed by atoms with van der Waals surface area (Å²) < 4.78 is 7.84. The van der Waals surface area contributed by atoms with Gasteiger partial charge in [-0.25, -0.2) is 4.98 Å². The highest BCUT2D eigenvalue weighted by molar-refractivity contribution is 5.69. The first kappa shape index (κ1) is 22.7. The fourth-order valence-electron chi connectivity index (χ4n) is 4.71. The van der Waals surface area contributed by atoms with Crippen molar-refractivity contribution in [3.05, 3.63) is 53.6 Å². The minimum atomic E-state index is -0.336. The number of pyridine rings is 1. The molecule has 5 rings (SSSR count). The molecule has 3 aromatic rings. The van der Waals surface area contributed by atoms with E-state index in [1.54, 1.807) is 6.33 Å². The van der Waals surface area contributed by atoms with E-state index in [0.717, 1.165) is 52.9 Å². The number of anilines is 2. The van der Waals surface area contributed by atoms with Gasteiger partial charge in [0, 0.05) is 43.2 Å². The molecule has 1 aromatic carbocycles. The topological polar surface area (TPSA) is 95.1 Å². The van der Waals surface area contributed by atoms with Crippen LogP contribution in [0.15, 0.2) is 36.8 Å². The lowest BCUT2D eigenvalue weighted by Gasteiger charge is -2.31. The molecule has 9 nitrogen and oxygen atoms in total. The predicted octanol–water partition coefficient (Wildman–Crippen LogP) is 4.14. The van der Waals surface area contributed by atoms with E-state index in [9.17, 15) is 5.26 Å². The van der Waals surface area contributed by atoms with Crippen LogP contribution in [0, 0.1) is 23.7 Å².